The Morgan fingerprint density at radius 1 is 1.12 bits per heavy atom. The molecule has 0 aliphatic rings. The van der Waals surface area contributed by atoms with Crippen LogP contribution in [0.2, 0.25) is 0 Å². The minimum atomic E-state index is -0.645. The Bertz CT molecular complexity index is 791. The van der Waals surface area contributed by atoms with E-state index in [0.29, 0.717) is 17.8 Å². The highest BCUT2D eigenvalue weighted by molar-refractivity contribution is 7.07. The molecule has 0 aliphatic heterocycles. The smallest absolute Gasteiger partial charge is 0.352 e. The van der Waals surface area contributed by atoms with Crippen molar-refractivity contribution in [3.8, 4) is 0 Å². The number of hydrogen-bond donors (Lipinski definition) is 2. The SMILES string of the molecule is CCc1ccccc1NC(=O)CNC(=O)COC(=O)c1snnc1CC. The lowest BCUT2D eigenvalue weighted by Crippen LogP contribution is -2.35. The number of rotatable bonds is 8. The molecule has 2 rings (SSSR count). The van der Waals surface area contributed by atoms with Gasteiger partial charge in [0, 0.05) is 5.69 Å². The van der Waals surface area contributed by atoms with Crippen molar-refractivity contribution in [3.05, 3.63) is 40.4 Å². The van der Waals surface area contributed by atoms with Crippen molar-refractivity contribution in [2.75, 3.05) is 18.5 Å². The molecule has 0 aliphatic carbocycles. The summed E-state index contributed by atoms with van der Waals surface area (Å²) in [5.74, 6) is -1.56. The van der Waals surface area contributed by atoms with Gasteiger partial charge in [0.05, 0.1) is 12.2 Å². The van der Waals surface area contributed by atoms with E-state index in [-0.39, 0.29) is 17.3 Å². The maximum Gasteiger partial charge on any atom is 0.352 e. The molecule has 0 saturated carbocycles. The van der Waals surface area contributed by atoms with Crippen molar-refractivity contribution >= 4 is 35.0 Å². The number of anilines is 1. The van der Waals surface area contributed by atoms with E-state index < -0.39 is 18.5 Å². The minimum Gasteiger partial charge on any atom is -0.451 e. The van der Waals surface area contributed by atoms with Gasteiger partial charge in [-0.15, -0.1) is 5.10 Å². The molecule has 0 atom stereocenters. The first-order valence-corrected chi connectivity index (χ1v) is 8.95. The van der Waals surface area contributed by atoms with E-state index in [2.05, 4.69) is 20.2 Å². The van der Waals surface area contributed by atoms with Crippen LogP contribution >= 0.6 is 11.5 Å². The van der Waals surface area contributed by atoms with E-state index in [9.17, 15) is 14.4 Å². The van der Waals surface area contributed by atoms with Gasteiger partial charge in [0.15, 0.2) is 11.5 Å². The number of carbonyl (C=O) groups excluding carboxylic acids is 3. The van der Waals surface area contributed by atoms with Crippen molar-refractivity contribution in [2.24, 2.45) is 0 Å². The Morgan fingerprint density at radius 2 is 1.88 bits per heavy atom. The Balaban J connectivity index is 1.76. The molecule has 1 aromatic carbocycles. The van der Waals surface area contributed by atoms with Crippen LogP contribution in [0.15, 0.2) is 24.3 Å². The number of esters is 1. The fourth-order valence-electron chi connectivity index (χ4n) is 2.17. The summed E-state index contributed by atoms with van der Waals surface area (Å²) in [6, 6.07) is 7.44. The minimum absolute atomic E-state index is 0.212. The van der Waals surface area contributed by atoms with Gasteiger partial charge in [-0.25, -0.2) is 4.79 Å². The van der Waals surface area contributed by atoms with E-state index in [1.807, 2.05) is 32.0 Å². The molecule has 2 N–H and O–H groups in total. The third-order valence-corrected chi connectivity index (χ3v) is 4.28. The first kappa shape index (κ1) is 19.5. The molecule has 0 unspecified atom stereocenters. The van der Waals surface area contributed by atoms with E-state index in [1.54, 1.807) is 6.07 Å². The molecule has 0 spiro atoms. The van der Waals surface area contributed by atoms with Crippen molar-refractivity contribution < 1.29 is 19.1 Å². The van der Waals surface area contributed by atoms with Crippen LogP contribution in [-0.4, -0.2) is 40.5 Å². The summed E-state index contributed by atoms with van der Waals surface area (Å²) in [6.07, 6.45) is 1.33. The molecule has 0 bridgehead atoms. The molecule has 2 aromatic rings. The Morgan fingerprint density at radius 3 is 2.62 bits per heavy atom. The quantitative estimate of drug-likeness (QED) is 0.677. The number of nitrogens with zero attached hydrogens (tertiary/aromatic N) is 2. The lowest BCUT2D eigenvalue weighted by Gasteiger charge is -2.10. The molecular formula is C17H20N4O4S. The summed E-state index contributed by atoms with van der Waals surface area (Å²) in [7, 11) is 0. The topological polar surface area (TPSA) is 110 Å². The predicted molar refractivity (Wildman–Crippen MR) is 97.0 cm³/mol. The monoisotopic (exact) mass is 376 g/mol. The number of aryl methyl sites for hydroxylation is 2. The third-order valence-electron chi connectivity index (χ3n) is 3.53. The van der Waals surface area contributed by atoms with Crippen LogP contribution in [0.4, 0.5) is 5.69 Å². The largest absolute Gasteiger partial charge is 0.451 e. The van der Waals surface area contributed by atoms with Gasteiger partial charge >= 0.3 is 5.97 Å². The van der Waals surface area contributed by atoms with E-state index in [1.165, 1.54) is 0 Å². The zero-order valence-electron chi connectivity index (χ0n) is 14.6. The van der Waals surface area contributed by atoms with Gasteiger partial charge < -0.3 is 15.4 Å². The predicted octanol–water partition coefficient (Wildman–Crippen LogP) is 1.57. The van der Waals surface area contributed by atoms with Gasteiger partial charge in [-0.3, -0.25) is 9.59 Å². The number of ether oxygens (including phenoxy) is 1. The van der Waals surface area contributed by atoms with Gasteiger partial charge in [-0.05, 0) is 36.0 Å². The van der Waals surface area contributed by atoms with Crippen LogP contribution in [0.5, 0.6) is 0 Å². The highest BCUT2D eigenvalue weighted by Crippen LogP contribution is 2.15. The second-order valence-corrected chi connectivity index (χ2v) is 6.07. The van der Waals surface area contributed by atoms with Gasteiger partial charge in [-0.1, -0.05) is 36.5 Å². The number of benzene rings is 1. The van der Waals surface area contributed by atoms with Crippen LogP contribution in [-0.2, 0) is 27.2 Å². The second-order valence-electron chi connectivity index (χ2n) is 5.31. The first-order valence-electron chi connectivity index (χ1n) is 8.17. The molecule has 0 saturated heterocycles. The first-order chi connectivity index (χ1) is 12.5. The van der Waals surface area contributed by atoms with Crippen LogP contribution in [0.3, 0.4) is 0 Å². The lowest BCUT2D eigenvalue weighted by molar-refractivity contribution is -0.126. The lowest BCUT2D eigenvalue weighted by atomic mass is 10.1. The normalized spacial score (nSPS) is 10.2. The molecule has 1 heterocycles. The zero-order chi connectivity index (χ0) is 18.9. The van der Waals surface area contributed by atoms with Crippen molar-refractivity contribution in [1.82, 2.24) is 14.9 Å². The summed E-state index contributed by atoms with van der Waals surface area (Å²) < 4.78 is 8.62. The molecule has 9 heteroatoms. The standard InChI is InChI=1S/C17H20N4O4S/c1-3-11-7-5-6-8-13(11)19-14(22)9-18-15(23)10-25-17(24)16-12(4-2)20-21-26-16/h5-8H,3-4,9-10H2,1-2H3,(H,18,23)(H,19,22). The molecule has 0 radical (unpaired) electrons. The number of para-hydroxylation sites is 1. The van der Waals surface area contributed by atoms with Gasteiger partial charge in [0.2, 0.25) is 5.91 Å². The summed E-state index contributed by atoms with van der Waals surface area (Å²) in [5.41, 5.74) is 2.26. The third kappa shape index (κ3) is 5.35. The van der Waals surface area contributed by atoms with Gasteiger partial charge in [0.1, 0.15) is 0 Å². The van der Waals surface area contributed by atoms with Crippen molar-refractivity contribution in [1.29, 1.82) is 0 Å². The molecule has 26 heavy (non-hydrogen) atoms. The molecule has 138 valence electrons. The number of aromatic nitrogens is 2. The van der Waals surface area contributed by atoms with Crippen LogP contribution in [0.1, 0.15) is 34.8 Å². The Labute approximate surface area is 155 Å². The highest BCUT2D eigenvalue weighted by Gasteiger charge is 2.18. The van der Waals surface area contributed by atoms with Gasteiger partial charge in [0.25, 0.3) is 5.91 Å². The Kier molecular flexibility index (Phi) is 7.22. The maximum absolute atomic E-state index is 11.9. The van der Waals surface area contributed by atoms with Crippen LogP contribution in [0.25, 0.3) is 0 Å². The summed E-state index contributed by atoms with van der Waals surface area (Å²) in [5, 5.41) is 8.97. The number of nitrogens with one attached hydrogen (secondary N) is 2. The summed E-state index contributed by atoms with van der Waals surface area (Å²) in [6.45, 7) is 3.15. The summed E-state index contributed by atoms with van der Waals surface area (Å²) >= 11 is 0.925. The second kappa shape index (κ2) is 9.62. The molecule has 1 aromatic heterocycles. The fraction of sp³-hybridized carbons (Fsp3) is 0.353. The average Bonchev–Trinajstić information content (AvgIpc) is 3.13. The number of amides is 2. The highest BCUT2D eigenvalue weighted by atomic mass is 32.1. The molecule has 0 fully saturated rings. The average molecular weight is 376 g/mol. The van der Waals surface area contributed by atoms with Gasteiger partial charge in [-0.2, -0.15) is 0 Å². The maximum atomic E-state index is 11.9. The van der Waals surface area contributed by atoms with Crippen LogP contribution < -0.4 is 10.6 Å². The summed E-state index contributed by atoms with van der Waals surface area (Å²) in [4.78, 5) is 35.9. The molecular weight excluding hydrogens is 356 g/mol. The van der Waals surface area contributed by atoms with Crippen molar-refractivity contribution in [2.45, 2.75) is 26.7 Å². The van der Waals surface area contributed by atoms with E-state index in [0.717, 1.165) is 23.5 Å². The Hall–Kier alpha value is -2.81. The van der Waals surface area contributed by atoms with E-state index in [4.69, 9.17) is 4.74 Å². The fourth-order valence-corrected chi connectivity index (χ4v) is 2.81. The number of carbonyl (C=O) groups is 3. The van der Waals surface area contributed by atoms with Crippen LogP contribution in [0, 0.1) is 0 Å². The van der Waals surface area contributed by atoms with Crippen molar-refractivity contribution in [3.63, 3.8) is 0 Å². The van der Waals surface area contributed by atoms with E-state index >= 15 is 0 Å². The zero-order valence-corrected chi connectivity index (χ0v) is 15.4. The molecule has 2 amide bonds. The molecule has 8 nitrogen and oxygen atoms in total. The number of hydrogen-bond acceptors (Lipinski definition) is 7.